The van der Waals surface area contributed by atoms with E-state index in [2.05, 4.69) is 10.3 Å². The van der Waals surface area contributed by atoms with Crippen LogP contribution in [0.5, 0.6) is 0 Å². The van der Waals surface area contributed by atoms with Gasteiger partial charge in [0.25, 0.3) is 0 Å². The minimum Gasteiger partial charge on any atom is -0.369 e. The highest BCUT2D eigenvalue weighted by Gasteiger charge is 1.93. The molecule has 0 spiro atoms. The summed E-state index contributed by atoms with van der Waals surface area (Å²) in [6.45, 7) is 0. The molecule has 10 heavy (non-hydrogen) atoms. The van der Waals surface area contributed by atoms with Gasteiger partial charge < -0.3 is 16.0 Å². The number of nitrogens with two attached hydrogens (primary N) is 1. The molecule has 0 unspecified atom stereocenters. The first kappa shape index (κ1) is 9.16. The lowest BCUT2D eigenvalue weighted by Gasteiger charge is -2.09. The molecule has 5 heteroatoms. The molecular formula is C5H12N4S. The fourth-order valence-corrected chi connectivity index (χ4v) is 0.353. The molecule has 0 fully saturated rings. The Kier molecular flexibility index (Phi) is 3.71. The van der Waals surface area contributed by atoms with Crippen molar-refractivity contribution >= 4 is 23.3 Å². The Hall–Kier alpha value is -0.840. The van der Waals surface area contributed by atoms with Crippen LogP contribution in [0.15, 0.2) is 4.99 Å². The molecule has 0 rings (SSSR count). The highest BCUT2D eigenvalue weighted by atomic mass is 32.1. The monoisotopic (exact) mass is 160 g/mol. The maximum absolute atomic E-state index is 5.44. The summed E-state index contributed by atoms with van der Waals surface area (Å²) in [6.07, 6.45) is 0. The lowest BCUT2D eigenvalue weighted by atomic mass is 10.8. The molecule has 0 radical (unpaired) electrons. The number of nitrogens with zero attached hydrogens (tertiary/aromatic N) is 2. The number of aliphatic imine (C=N–C) groups is 1. The van der Waals surface area contributed by atoms with Gasteiger partial charge in [-0.2, -0.15) is 4.99 Å². The number of nitrogens with one attached hydrogen (secondary N) is 1. The molecule has 0 saturated heterocycles. The third-order valence-electron chi connectivity index (χ3n) is 0.888. The van der Waals surface area contributed by atoms with Gasteiger partial charge in [0, 0.05) is 21.1 Å². The highest BCUT2D eigenvalue weighted by Crippen LogP contribution is 1.77. The maximum Gasteiger partial charge on any atom is 0.198 e. The second-order valence-electron chi connectivity index (χ2n) is 1.92. The summed E-state index contributed by atoms with van der Waals surface area (Å²) in [4.78, 5) is 5.52. The lowest BCUT2D eigenvalue weighted by Crippen LogP contribution is -2.32. The van der Waals surface area contributed by atoms with Gasteiger partial charge in [0.15, 0.2) is 11.1 Å². The Morgan fingerprint density at radius 3 is 2.40 bits per heavy atom. The first-order valence-electron chi connectivity index (χ1n) is 2.81. The van der Waals surface area contributed by atoms with Crippen LogP contribution in [0.1, 0.15) is 0 Å². The van der Waals surface area contributed by atoms with Crippen LogP contribution in [0.3, 0.4) is 0 Å². The maximum atomic E-state index is 5.44. The summed E-state index contributed by atoms with van der Waals surface area (Å²) in [7, 11) is 5.31. The Labute approximate surface area is 66.1 Å². The predicted octanol–water partition coefficient (Wildman–Crippen LogP) is -0.633. The number of guanidine groups is 1. The number of thiocarbonyl (C=S) groups is 1. The number of hydrogen-bond donors (Lipinski definition) is 2. The zero-order chi connectivity index (χ0) is 8.15. The first-order valence-corrected chi connectivity index (χ1v) is 3.22. The van der Waals surface area contributed by atoms with Crippen LogP contribution in [0.25, 0.3) is 0 Å². The second-order valence-corrected chi connectivity index (χ2v) is 2.31. The van der Waals surface area contributed by atoms with E-state index in [1.54, 1.807) is 26.0 Å². The molecule has 0 saturated carbocycles. The summed E-state index contributed by atoms with van der Waals surface area (Å²) in [6, 6.07) is 0. The minimum absolute atomic E-state index is 0.395. The Morgan fingerprint density at radius 2 is 2.10 bits per heavy atom. The van der Waals surface area contributed by atoms with E-state index in [-0.39, 0.29) is 0 Å². The number of rotatable bonds is 0. The Bertz CT molecular complexity index is 152. The predicted molar refractivity (Wildman–Crippen MR) is 47.0 cm³/mol. The molecule has 0 heterocycles. The molecule has 0 amide bonds. The molecular weight excluding hydrogens is 148 g/mol. The molecule has 0 aromatic heterocycles. The molecule has 0 aromatic rings. The van der Waals surface area contributed by atoms with E-state index in [0.29, 0.717) is 11.1 Å². The topological polar surface area (TPSA) is 53.6 Å². The summed E-state index contributed by atoms with van der Waals surface area (Å²) >= 11 is 4.75. The van der Waals surface area contributed by atoms with Crippen molar-refractivity contribution in [1.82, 2.24) is 10.2 Å². The Balaban J connectivity index is 4.03. The van der Waals surface area contributed by atoms with Gasteiger partial charge in [0.2, 0.25) is 0 Å². The van der Waals surface area contributed by atoms with E-state index >= 15 is 0 Å². The van der Waals surface area contributed by atoms with Crippen LogP contribution in [-0.2, 0) is 0 Å². The fourth-order valence-electron chi connectivity index (χ4n) is 0.260. The van der Waals surface area contributed by atoms with Crippen molar-refractivity contribution in [3.8, 4) is 0 Å². The molecule has 0 aliphatic rings. The molecule has 4 nitrogen and oxygen atoms in total. The van der Waals surface area contributed by atoms with E-state index in [0.717, 1.165) is 0 Å². The quantitative estimate of drug-likeness (QED) is 0.281. The second kappa shape index (κ2) is 4.05. The van der Waals surface area contributed by atoms with Crippen LogP contribution in [-0.4, -0.2) is 37.1 Å². The standard InChI is InChI=1S/C5H12N4S/c1-7-5(10)8-4(6)9(2)3/h1-3H3,(H3,6,7,8,10). The van der Waals surface area contributed by atoms with E-state index in [1.807, 2.05) is 0 Å². The van der Waals surface area contributed by atoms with Gasteiger partial charge in [-0.1, -0.05) is 0 Å². The van der Waals surface area contributed by atoms with E-state index in [9.17, 15) is 0 Å². The van der Waals surface area contributed by atoms with Crippen molar-refractivity contribution in [2.75, 3.05) is 21.1 Å². The zero-order valence-electron chi connectivity index (χ0n) is 6.38. The van der Waals surface area contributed by atoms with Crippen molar-refractivity contribution in [2.24, 2.45) is 10.7 Å². The van der Waals surface area contributed by atoms with Gasteiger partial charge in [-0.15, -0.1) is 0 Å². The SMILES string of the molecule is CNC(=S)N=C(N)N(C)C. The molecule has 3 N–H and O–H groups in total. The van der Waals surface area contributed by atoms with Crippen LogP contribution in [0.2, 0.25) is 0 Å². The van der Waals surface area contributed by atoms with Gasteiger partial charge in [-0.3, -0.25) is 0 Å². The van der Waals surface area contributed by atoms with E-state index in [4.69, 9.17) is 18.0 Å². The minimum atomic E-state index is 0.395. The highest BCUT2D eigenvalue weighted by molar-refractivity contribution is 7.80. The van der Waals surface area contributed by atoms with Crippen molar-refractivity contribution in [1.29, 1.82) is 0 Å². The third-order valence-corrected chi connectivity index (χ3v) is 1.18. The number of hydrogen-bond acceptors (Lipinski definition) is 1. The van der Waals surface area contributed by atoms with E-state index in [1.165, 1.54) is 0 Å². The molecule has 58 valence electrons. The first-order chi connectivity index (χ1) is 4.57. The van der Waals surface area contributed by atoms with Gasteiger partial charge >= 0.3 is 0 Å². The van der Waals surface area contributed by atoms with Crippen molar-refractivity contribution < 1.29 is 0 Å². The van der Waals surface area contributed by atoms with Gasteiger partial charge in [0.1, 0.15) is 0 Å². The zero-order valence-corrected chi connectivity index (χ0v) is 7.20. The van der Waals surface area contributed by atoms with Crippen LogP contribution < -0.4 is 11.1 Å². The summed E-state index contributed by atoms with van der Waals surface area (Å²) in [5.74, 6) is 0.402. The largest absolute Gasteiger partial charge is 0.369 e. The normalized spacial score (nSPS) is 10.9. The van der Waals surface area contributed by atoms with Crippen molar-refractivity contribution in [2.45, 2.75) is 0 Å². The molecule has 0 atom stereocenters. The smallest absolute Gasteiger partial charge is 0.198 e. The molecule has 0 aliphatic carbocycles. The molecule has 0 aliphatic heterocycles. The summed E-state index contributed by atoms with van der Waals surface area (Å²) in [5, 5.41) is 3.08. The summed E-state index contributed by atoms with van der Waals surface area (Å²) in [5.41, 5.74) is 5.44. The molecule has 0 bridgehead atoms. The summed E-state index contributed by atoms with van der Waals surface area (Å²) < 4.78 is 0. The fraction of sp³-hybridized carbons (Fsp3) is 0.600. The Morgan fingerprint density at radius 1 is 1.60 bits per heavy atom. The third kappa shape index (κ3) is 3.24. The van der Waals surface area contributed by atoms with Gasteiger partial charge in [0.05, 0.1) is 0 Å². The average Bonchev–Trinajstić information content (AvgIpc) is 1.87. The van der Waals surface area contributed by atoms with Crippen molar-refractivity contribution in [3.05, 3.63) is 0 Å². The van der Waals surface area contributed by atoms with E-state index < -0.39 is 0 Å². The van der Waals surface area contributed by atoms with Crippen LogP contribution in [0, 0.1) is 0 Å². The van der Waals surface area contributed by atoms with Gasteiger partial charge in [-0.25, -0.2) is 0 Å². The average molecular weight is 160 g/mol. The lowest BCUT2D eigenvalue weighted by molar-refractivity contribution is 0.615. The molecule has 0 aromatic carbocycles. The van der Waals surface area contributed by atoms with Crippen molar-refractivity contribution in [3.63, 3.8) is 0 Å². The van der Waals surface area contributed by atoms with Gasteiger partial charge in [-0.05, 0) is 12.2 Å². The van der Waals surface area contributed by atoms with Crippen LogP contribution >= 0.6 is 12.2 Å². The van der Waals surface area contributed by atoms with Crippen LogP contribution in [0.4, 0.5) is 0 Å².